The molecule has 0 bridgehead atoms. The summed E-state index contributed by atoms with van der Waals surface area (Å²) in [6, 6.07) is 7.08. The minimum Gasteiger partial charge on any atom is -0.455 e. The monoisotopic (exact) mass is 269 g/mol. The van der Waals surface area contributed by atoms with Gasteiger partial charge in [-0.1, -0.05) is 0 Å². The number of nitrogens with zero attached hydrogens (tertiary/aromatic N) is 4. The van der Waals surface area contributed by atoms with Crippen LogP contribution >= 0.6 is 0 Å². The van der Waals surface area contributed by atoms with Gasteiger partial charge in [-0.25, -0.2) is 0 Å². The van der Waals surface area contributed by atoms with Gasteiger partial charge in [-0.3, -0.25) is 14.6 Å². The van der Waals surface area contributed by atoms with Crippen LogP contribution in [-0.2, 0) is 6.98 Å². The molecule has 3 heterocycles. The van der Waals surface area contributed by atoms with Crippen LogP contribution in [0.25, 0.3) is 11.3 Å². The second-order valence-corrected chi connectivity index (χ2v) is 4.24. The zero-order valence-corrected chi connectivity index (χ0v) is 10.8. The number of aryl methyl sites for hydroxylation is 2. The van der Waals surface area contributed by atoms with E-state index in [4.69, 9.17) is 8.85 Å². The minimum absolute atomic E-state index is 0.583. The van der Waals surface area contributed by atoms with Gasteiger partial charge < -0.3 is 4.74 Å². The number of hydrogen-bond donors (Lipinski definition) is 0. The molecule has 0 radical (unpaired) electrons. The topological polar surface area (TPSA) is 52.8 Å². The van der Waals surface area contributed by atoms with Gasteiger partial charge in [0.1, 0.15) is 11.5 Å². The molecule has 0 aliphatic rings. The Morgan fingerprint density at radius 2 is 2.20 bits per heavy atom. The highest BCUT2D eigenvalue weighted by Crippen LogP contribution is 2.26. The lowest BCUT2D eigenvalue weighted by Gasteiger charge is -2.08. The first-order valence-corrected chi connectivity index (χ1v) is 6.04. The lowest BCUT2D eigenvalue weighted by atomic mass is 10.2. The van der Waals surface area contributed by atoms with Crippen molar-refractivity contribution in [1.82, 2.24) is 19.7 Å². The number of pyridine rings is 2. The van der Waals surface area contributed by atoms with Crippen LogP contribution in [0.3, 0.4) is 0 Å². The molecule has 0 amide bonds. The SMILES string of the molecule is [2H]C([2H])([2H])n1cc(-c2cc(Oc3cccnc3C)ccn2)cn1. The molecule has 3 rings (SSSR count). The van der Waals surface area contributed by atoms with Crippen molar-refractivity contribution in [2.24, 2.45) is 6.98 Å². The van der Waals surface area contributed by atoms with Gasteiger partial charge >= 0.3 is 0 Å². The molecule has 0 unspecified atom stereocenters. The fourth-order valence-electron chi connectivity index (χ4n) is 1.79. The molecule has 20 heavy (non-hydrogen) atoms. The molecular weight excluding hydrogens is 252 g/mol. The van der Waals surface area contributed by atoms with Crippen LogP contribution in [0, 0.1) is 6.92 Å². The summed E-state index contributed by atoms with van der Waals surface area (Å²) >= 11 is 0. The van der Waals surface area contributed by atoms with Gasteiger partial charge in [0.15, 0.2) is 0 Å². The first-order chi connectivity index (χ1) is 10.9. The average Bonchev–Trinajstić information content (AvgIpc) is 3.00. The normalized spacial score (nSPS) is 13.3. The van der Waals surface area contributed by atoms with Gasteiger partial charge in [-0.2, -0.15) is 5.10 Å². The second kappa shape index (κ2) is 5.13. The zero-order chi connectivity index (χ0) is 16.4. The fourth-order valence-corrected chi connectivity index (χ4v) is 1.79. The van der Waals surface area contributed by atoms with Gasteiger partial charge in [0.2, 0.25) is 0 Å². The molecule has 5 nitrogen and oxygen atoms in total. The summed E-state index contributed by atoms with van der Waals surface area (Å²) in [7, 11) is 0. The highest BCUT2D eigenvalue weighted by Gasteiger charge is 2.06. The van der Waals surface area contributed by atoms with E-state index < -0.39 is 6.98 Å². The Morgan fingerprint density at radius 1 is 1.25 bits per heavy atom. The summed E-state index contributed by atoms with van der Waals surface area (Å²) in [5.74, 6) is 1.25. The highest BCUT2D eigenvalue weighted by atomic mass is 16.5. The van der Waals surface area contributed by atoms with Gasteiger partial charge in [-0.05, 0) is 25.1 Å². The Balaban J connectivity index is 1.88. The maximum atomic E-state index is 7.34. The Kier molecular flexibility index (Phi) is 2.37. The third kappa shape index (κ3) is 2.51. The average molecular weight is 269 g/mol. The summed E-state index contributed by atoms with van der Waals surface area (Å²) in [6.07, 6.45) is 6.20. The zero-order valence-electron chi connectivity index (χ0n) is 13.8. The van der Waals surface area contributed by atoms with Gasteiger partial charge in [0, 0.05) is 41.3 Å². The summed E-state index contributed by atoms with van der Waals surface area (Å²) in [4.78, 5) is 8.41. The van der Waals surface area contributed by atoms with Crippen LogP contribution < -0.4 is 4.74 Å². The van der Waals surface area contributed by atoms with Crippen molar-refractivity contribution >= 4 is 0 Å². The molecule has 0 atom stereocenters. The van der Waals surface area contributed by atoms with Crippen LogP contribution in [0.1, 0.15) is 9.81 Å². The lowest BCUT2D eigenvalue weighted by Crippen LogP contribution is -1.91. The Bertz CT molecular complexity index is 829. The van der Waals surface area contributed by atoms with Crippen LogP contribution in [0.5, 0.6) is 11.5 Å². The van der Waals surface area contributed by atoms with E-state index in [1.165, 1.54) is 12.4 Å². The molecule has 3 aromatic heterocycles. The molecule has 0 fully saturated rings. The second-order valence-electron chi connectivity index (χ2n) is 4.24. The van der Waals surface area contributed by atoms with Crippen molar-refractivity contribution in [2.45, 2.75) is 6.92 Å². The number of aromatic nitrogens is 4. The van der Waals surface area contributed by atoms with Gasteiger partial charge in [0.25, 0.3) is 0 Å². The van der Waals surface area contributed by atoms with E-state index in [1.54, 1.807) is 30.6 Å². The molecule has 0 N–H and O–H groups in total. The van der Waals surface area contributed by atoms with E-state index >= 15 is 0 Å². The van der Waals surface area contributed by atoms with Gasteiger partial charge in [0.05, 0.1) is 17.6 Å². The Morgan fingerprint density at radius 3 is 3.00 bits per heavy atom. The van der Waals surface area contributed by atoms with Crippen LogP contribution in [0.4, 0.5) is 0 Å². The highest BCUT2D eigenvalue weighted by molar-refractivity contribution is 5.58. The third-order valence-corrected chi connectivity index (χ3v) is 2.80. The molecule has 0 aliphatic heterocycles. The molecule has 3 aromatic rings. The van der Waals surface area contributed by atoms with E-state index in [2.05, 4.69) is 15.1 Å². The number of ether oxygens (including phenoxy) is 1. The summed E-state index contributed by atoms with van der Waals surface area (Å²) in [5.41, 5.74) is 1.97. The lowest BCUT2D eigenvalue weighted by molar-refractivity contribution is 0.475. The maximum Gasteiger partial charge on any atom is 0.148 e. The molecule has 0 aliphatic carbocycles. The van der Waals surface area contributed by atoms with E-state index in [1.807, 2.05) is 13.0 Å². The van der Waals surface area contributed by atoms with Crippen molar-refractivity contribution in [3.8, 4) is 22.8 Å². The van der Waals surface area contributed by atoms with Crippen molar-refractivity contribution in [3.63, 3.8) is 0 Å². The first-order valence-electron chi connectivity index (χ1n) is 7.54. The predicted molar refractivity (Wildman–Crippen MR) is 75.5 cm³/mol. The van der Waals surface area contributed by atoms with Crippen molar-refractivity contribution < 1.29 is 8.85 Å². The molecule has 100 valence electrons. The third-order valence-electron chi connectivity index (χ3n) is 2.80. The van der Waals surface area contributed by atoms with Crippen LogP contribution in [0.2, 0.25) is 0 Å². The van der Waals surface area contributed by atoms with E-state index in [0.29, 0.717) is 22.8 Å². The van der Waals surface area contributed by atoms with Crippen molar-refractivity contribution in [1.29, 1.82) is 0 Å². The van der Waals surface area contributed by atoms with Gasteiger partial charge in [-0.15, -0.1) is 0 Å². The van der Waals surface area contributed by atoms with Crippen LogP contribution in [0.15, 0.2) is 49.1 Å². The van der Waals surface area contributed by atoms with Crippen molar-refractivity contribution in [2.75, 3.05) is 0 Å². The van der Waals surface area contributed by atoms with Crippen molar-refractivity contribution in [3.05, 3.63) is 54.7 Å². The quantitative estimate of drug-likeness (QED) is 0.733. The maximum absolute atomic E-state index is 7.34. The summed E-state index contributed by atoms with van der Waals surface area (Å²) in [6.45, 7) is -0.447. The Hall–Kier alpha value is -2.69. The number of rotatable bonds is 3. The van der Waals surface area contributed by atoms with Crippen LogP contribution in [-0.4, -0.2) is 19.7 Å². The standard InChI is InChI=1S/C15H14N4O/c1-11-15(4-3-6-16-11)20-13-5-7-17-14(8-13)12-9-18-19(2)10-12/h3-10H,1-2H3/i2D3. The minimum atomic E-state index is -2.31. The Labute approximate surface area is 121 Å². The van der Waals surface area contributed by atoms with E-state index in [-0.39, 0.29) is 0 Å². The smallest absolute Gasteiger partial charge is 0.148 e. The summed E-state index contributed by atoms with van der Waals surface area (Å²) < 4.78 is 28.8. The van der Waals surface area contributed by atoms with E-state index in [0.717, 1.165) is 10.4 Å². The predicted octanol–water partition coefficient (Wildman–Crippen LogP) is 2.98. The largest absolute Gasteiger partial charge is 0.455 e. The molecule has 0 spiro atoms. The molecule has 0 aromatic carbocycles. The molecule has 0 saturated carbocycles. The fraction of sp³-hybridized carbons (Fsp3) is 0.133. The molecule has 0 saturated heterocycles. The number of hydrogen-bond acceptors (Lipinski definition) is 4. The molecular formula is C15H14N4O. The first kappa shape index (κ1) is 9.25. The van der Waals surface area contributed by atoms with E-state index in [9.17, 15) is 0 Å². The summed E-state index contributed by atoms with van der Waals surface area (Å²) in [5, 5.41) is 3.85. The molecule has 5 heteroatoms.